The third kappa shape index (κ3) is 2.09. The summed E-state index contributed by atoms with van der Waals surface area (Å²) in [7, 11) is 0. The number of aryl methyl sites for hydroxylation is 1. The highest BCUT2D eigenvalue weighted by Gasteiger charge is 2.28. The van der Waals surface area contributed by atoms with Gasteiger partial charge in [-0.05, 0) is 48.9 Å². The molecule has 3 heteroatoms. The summed E-state index contributed by atoms with van der Waals surface area (Å²) in [4.78, 5) is 2.69. The van der Waals surface area contributed by atoms with Gasteiger partial charge in [0.15, 0.2) is 0 Å². The summed E-state index contributed by atoms with van der Waals surface area (Å²) in [6.07, 6.45) is 2.28. The van der Waals surface area contributed by atoms with Gasteiger partial charge in [-0.3, -0.25) is 11.3 Å². The van der Waals surface area contributed by atoms with E-state index in [0.717, 1.165) is 6.42 Å². The van der Waals surface area contributed by atoms with Crippen LogP contribution in [0, 0.1) is 6.92 Å². The van der Waals surface area contributed by atoms with Crippen LogP contribution < -0.4 is 11.3 Å². The zero-order valence-corrected chi connectivity index (χ0v) is 11.3. The van der Waals surface area contributed by atoms with E-state index in [1.165, 1.54) is 27.3 Å². The van der Waals surface area contributed by atoms with Gasteiger partial charge in [-0.1, -0.05) is 24.3 Å². The molecule has 0 amide bonds. The number of fused-ring (bicyclic) bond motifs is 1. The standard InChI is InChI=1S/C15H18N2S/c1-10-6-7-15(18-10)14(17-16)9-12-8-11-4-2-3-5-13(11)12/h2-7,12,14,17H,8-9,16H2,1H3. The van der Waals surface area contributed by atoms with Crippen molar-refractivity contribution in [1.29, 1.82) is 0 Å². The van der Waals surface area contributed by atoms with Crippen molar-refractivity contribution < 1.29 is 0 Å². The van der Waals surface area contributed by atoms with E-state index in [1.807, 2.05) is 11.3 Å². The summed E-state index contributed by atoms with van der Waals surface area (Å²) in [5.74, 6) is 6.37. The molecule has 0 saturated carbocycles. The van der Waals surface area contributed by atoms with Gasteiger partial charge < -0.3 is 0 Å². The minimum Gasteiger partial charge on any atom is -0.271 e. The van der Waals surface area contributed by atoms with Gasteiger partial charge >= 0.3 is 0 Å². The lowest BCUT2D eigenvalue weighted by Gasteiger charge is -2.32. The van der Waals surface area contributed by atoms with E-state index in [4.69, 9.17) is 5.84 Å². The number of thiophene rings is 1. The molecule has 2 unspecified atom stereocenters. The molecule has 1 heterocycles. The molecular formula is C15H18N2S. The van der Waals surface area contributed by atoms with Crippen molar-refractivity contribution in [1.82, 2.24) is 5.43 Å². The topological polar surface area (TPSA) is 38.0 Å². The van der Waals surface area contributed by atoms with Crippen molar-refractivity contribution in [2.45, 2.75) is 31.7 Å². The molecule has 2 atom stereocenters. The first-order valence-corrected chi connectivity index (χ1v) is 7.20. The fourth-order valence-corrected chi connectivity index (χ4v) is 3.72. The molecule has 3 N–H and O–H groups in total. The van der Waals surface area contributed by atoms with Gasteiger partial charge in [0.2, 0.25) is 0 Å². The lowest BCUT2D eigenvalue weighted by Crippen LogP contribution is -2.31. The van der Waals surface area contributed by atoms with E-state index in [1.54, 1.807) is 0 Å². The minimum absolute atomic E-state index is 0.280. The molecule has 0 radical (unpaired) electrons. The lowest BCUT2D eigenvalue weighted by molar-refractivity contribution is 0.440. The molecule has 1 aromatic carbocycles. The van der Waals surface area contributed by atoms with Crippen LogP contribution in [-0.4, -0.2) is 0 Å². The van der Waals surface area contributed by atoms with Crippen LogP contribution in [0.4, 0.5) is 0 Å². The van der Waals surface area contributed by atoms with Gasteiger partial charge in [0.05, 0.1) is 6.04 Å². The molecule has 2 nitrogen and oxygen atoms in total. The quantitative estimate of drug-likeness (QED) is 0.652. The molecule has 0 fully saturated rings. The molecule has 2 aromatic rings. The Balaban J connectivity index is 1.73. The molecule has 3 rings (SSSR count). The van der Waals surface area contributed by atoms with Crippen molar-refractivity contribution in [3.63, 3.8) is 0 Å². The predicted octanol–water partition coefficient (Wildman–Crippen LogP) is 3.29. The average Bonchev–Trinajstić information content (AvgIpc) is 2.77. The van der Waals surface area contributed by atoms with Gasteiger partial charge in [-0.15, -0.1) is 11.3 Å². The second-order valence-corrected chi connectivity index (χ2v) is 6.32. The van der Waals surface area contributed by atoms with Crippen LogP contribution in [0.15, 0.2) is 36.4 Å². The van der Waals surface area contributed by atoms with E-state index in [9.17, 15) is 0 Å². The molecule has 1 aliphatic carbocycles. The number of nitrogens with two attached hydrogens (primary N) is 1. The lowest BCUT2D eigenvalue weighted by atomic mass is 9.74. The number of nitrogens with one attached hydrogen (secondary N) is 1. The van der Waals surface area contributed by atoms with Crippen LogP contribution in [0.5, 0.6) is 0 Å². The van der Waals surface area contributed by atoms with Crippen molar-refractivity contribution in [2.75, 3.05) is 0 Å². The SMILES string of the molecule is Cc1ccc(C(CC2Cc3ccccc32)NN)s1. The smallest absolute Gasteiger partial charge is 0.0559 e. The van der Waals surface area contributed by atoms with E-state index >= 15 is 0 Å². The largest absolute Gasteiger partial charge is 0.271 e. The number of benzene rings is 1. The average molecular weight is 258 g/mol. The van der Waals surface area contributed by atoms with Crippen molar-refractivity contribution >= 4 is 11.3 Å². The number of hydrogen-bond donors (Lipinski definition) is 2. The maximum Gasteiger partial charge on any atom is 0.0559 e. The van der Waals surface area contributed by atoms with Crippen LogP contribution >= 0.6 is 11.3 Å². The molecular weight excluding hydrogens is 240 g/mol. The highest BCUT2D eigenvalue weighted by atomic mass is 32.1. The van der Waals surface area contributed by atoms with Gasteiger partial charge in [0.25, 0.3) is 0 Å². The van der Waals surface area contributed by atoms with Crippen LogP contribution in [-0.2, 0) is 6.42 Å². The van der Waals surface area contributed by atoms with Gasteiger partial charge in [-0.2, -0.15) is 0 Å². The fraction of sp³-hybridized carbons (Fsp3) is 0.333. The van der Waals surface area contributed by atoms with E-state index in [2.05, 4.69) is 48.7 Å². The van der Waals surface area contributed by atoms with Crippen LogP contribution in [0.2, 0.25) is 0 Å². The zero-order chi connectivity index (χ0) is 12.5. The van der Waals surface area contributed by atoms with Crippen LogP contribution in [0.25, 0.3) is 0 Å². The normalized spacial score (nSPS) is 19.1. The molecule has 0 saturated heterocycles. The second-order valence-electron chi connectivity index (χ2n) is 5.00. The van der Waals surface area contributed by atoms with Crippen LogP contribution in [0.3, 0.4) is 0 Å². The van der Waals surface area contributed by atoms with Crippen LogP contribution in [0.1, 0.15) is 39.3 Å². The summed E-state index contributed by atoms with van der Waals surface area (Å²) in [6, 6.07) is 13.4. The first kappa shape index (κ1) is 11.9. The first-order chi connectivity index (χ1) is 8.78. The Labute approximate surface area is 112 Å². The minimum atomic E-state index is 0.280. The monoisotopic (exact) mass is 258 g/mol. The maximum absolute atomic E-state index is 5.72. The highest BCUT2D eigenvalue weighted by molar-refractivity contribution is 7.12. The number of hydrazine groups is 1. The third-order valence-corrected chi connectivity index (χ3v) is 4.90. The van der Waals surface area contributed by atoms with Gasteiger partial charge in [0, 0.05) is 9.75 Å². The van der Waals surface area contributed by atoms with Gasteiger partial charge in [0.1, 0.15) is 0 Å². The molecule has 18 heavy (non-hydrogen) atoms. The Morgan fingerprint density at radius 1 is 1.33 bits per heavy atom. The summed E-state index contributed by atoms with van der Waals surface area (Å²) < 4.78 is 0. The summed E-state index contributed by atoms with van der Waals surface area (Å²) >= 11 is 1.84. The fourth-order valence-electron chi connectivity index (χ4n) is 2.76. The van der Waals surface area contributed by atoms with Crippen molar-refractivity contribution in [3.05, 3.63) is 57.3 Å². The third-order valence-electron chi connectivity index (χ3n) is 3.79. The van der Waals surface area contributed by atoms with E-state index in [-0.39, 0.29) is 6.04 Å². The second kappa shape index (κ2) is 4.84. The molecule has 0 bridgehead atoms. The summed E-state index contributed by atoms with van der Waals surface area (Å²) in [5, 5.41) is 0. The highest BCUT2D eigenvalue weighted by Crippen LogP contribution is 2.41. The first-order valence-electron chi connectivity index (χ1n) is 6.38. The van der Waals surface area contributed by atoms with Crippen molar-refractivity contribution in [2.24, 2.45) is 5.84 Å². The van der Waals surface area contributed by atoms with E-state index < -0.39 is 0 Å². The molecule has 1 aromatic heterocycles. The Bertz CT molecular complexity index is 547. The summed E-state index contributed by atoms with van der Waals surface area (Å²) in [5.41, 5.74) is 5.98. The maximum atomic E-state index is 5.72. The molecule has 1 aliphatic rings. The van der Waals surface area contributed by atoms with Gasteiger partial charge in [-0.25, -0.2) is 0 Å². The molecule has 0 spiro atoms. The molecule has 94 valence electrons. The zero-order valence-electron chi connectivity index (χ0n) is 10.5. The van der Waals surface area contributed by atoms with Crippen molar-refractivity contribution in [3.8, 4) is 0 Å². The summed E-state index contributed by atoms with van der Waals surface area (Å²) in [6.45, 7) is 2.14. The Hall–Kier alpha value is -1.16. The Morgan fingerprint density at radius 3 is 2.83 bits per heavy atom. The van der Waals surface area contributed by atoms with E-state index in [0.29, 0.717) is 5.92 Å². The molecule has 0 aliphatic heterocycles. The Morgan fingerprint density at radius 2 is 2.17 bits per heavy atom. The predicted molar refractivity (Wildman–Crippen MR) is 76.6 cm³/mol. The number of hydrogen-bond acceptors (Lipinski definition) is 3. The number of rotatable bonds is 4. The Kier molecular flexibility index (Phi) is 3.20.